The van der Waals surface area contributed by atoms with E-state index in [4.69, 9.17) is 9.47 Å². The molecule has 5 heteroatoms. The Balaban J connectivity index is 1.77. The summed E-state index contributed by atoms with van der Waals surface area (Å²) in [6.45, 7) is 2.15. The number of methoxy groups -OCH3 is 1. The number of hydrogen-bond acceptors (Lipinski definition) is 4. The molecule has 2 aliphatic heterocycles. The minimum absolute atomic E-state index is 0.0296. The van der Waals surface area contributed by atoms with Crippen molar-refractivity contribution in [2.24, 2.45) is 5.92 Å². The van der Waals surface area contributed by atoms with E-state index >= 15 is 0 Å². The molecule has 0 aromatic heterocycles. The lowest BCUT2D eigenvalue weighted by molar-refractivity contribution is 0.0816. The SMILES string of the molecule is COc1ccc2c(c1)C(C1CCN(C)CC1)Oc1ccc(F)cc1S2. The first-order valence-electron chi connectivity index (χ1n) is 8.64. The predicted octanol–water partition coefficient (Wildman–Crippen LogP) is 4.76. The van der Waals surface area contributed by atoms with Crippen LogP contribution in [0.25, 0.3) is 0 Å². The van der Waals surface area contributed by atoms with Crippen LogP contribution in [0.3, 0.4) is 0 Å². The monoisotopic (exact) mass is 359 g/mol. The summed E-state index contributed by atoms with van der Waals surface area (Å²) in [5.41, 5.74) is 1.15. The van der Waals surface area contributed by atoms with E-state index in [0.717, 1.165) is 52.8 Å². The fourth-order valence-corrected chi connectivity index (χ4v) is 4.68. The standard InChI is InChI=1S/C20H22FNO2S/c1-22-9-7-13(8-10-22)20-16-12-15(23-2)4-6-18(16)25-19-11-14(21)3-5-17(19)24-20/h3-6,11-13,20H,7-10H2,1-2H3. The molecule has 0 spiro atoms. The molecule has 4 rings (SSSR count). The van der Waals surface area contributed by atoms with Gasteiger partial charge in [-0.05, 0) is 69.4 Å². The molecule has 1 saturated heterocycles. The van der Waals surface area contributed by atoms with E-state index in [9.17, 15) is 4.39 Å². The Morgan fingerprint density at radius 1 is 1.12 bits per heavy atom. The van der Waals surface area contributed by atoms with Crippen molar-refractivity contribution in [3.63, 3.8) is 0 Å². The molecule has 1 fully saturated rings. The van der Waals surface area contributed by atoms with Crippen LogP contribution in [0.1, 0.15) is 24.5 Å². The van der Waals surface area contributed by atoms with E-state index < -0.39 is 0 Å². The van der Waals surface area contributed by atoms with Crippen molar-refractivity contribution in [2.75, 3.05) is 27.2 Å². The average Bonchev–Trinajstić information content (AvgIpc) is 2.78. The summed E-state index contributed by atoms with van der Waals surface area (Å²) in [4.78, 5) is 4.31. The molecule has 132 valence electrons. The largest absolute Gasteiger partial charge is 0.497 e. The third-order valence-electron chi connectivity index (χ3n) is 5.09. The van der Waals surface area contributed by atoms with Crippen LogP contribution in [0.4, 0.5) is 4.39 Å². The second-order valence-corrected chi connectivity index (χ2v) is 7.86. The van der Waals surface area contributed by atoms with Crippen LogP contribution in [0.15, 0.2) is 46.2 Å². The Morgan fingerprint density at radius 2 is 1.92 bits per heavy atom. The number of benzene rings is 2. The molecule has 2 aliphatic rings. The van der Waals surface area contributed by atoms with Gasteiger partial charge < -0.3 is 14.4 Å². The van der Waals surface area contributed by atoms with Crippen LogP contribution in [-0.4, -0.2) is 32.1 Å². The molecule has 2 heterocycles. The van der Waals surface area contributed by atoms with Crippen molar-refractivity contribution in [1.29, 1.82) is 0 Å². The summed E-state index contributed by atoms with van der Waals surface area (Å²) in [6, 6.07) is 10.9. The Bertz CT molecular complexity index is 774. The molecule has 2 aromatic rings. The van der Waals surface area contributed by atoms with Gasteiger partial charge in [0.2, 0.25) is 0 Å². The Kier molecular flexibility index (Phi) is 4.61. The van der Waals surface area contributed by atoms with E-state index in [0.29, 0.717) is 5.92 Å². The van der Waals surface area contributed by atoms with Gasteiger partial charge in [0.05, 0.1) is 12.0 Å². The molecule has 0 bridgehead atoms. The van der Waals surface area contributed by atoms with Gasteiger partial charge in [-0.25, -0.2) is 4.39 Å². The van der Waals surface area contributed by atoms with E-state index in [1.165, 1.54) is 6.07 Å². The van der Waals surface area contributed by atoms with Crippen molar-refractivity contribution in [3.05, 3.63) is 47.8 Å². The summed E-state index contributed by atoms with van der Waals surface area (Å²) < 4.78 is 25.6. The summed E-state index contributed by atoms with van der Waals surface area (Å²) >= 11 is 1.57. The molecule has 0 aliphatic carbocycles. The zero-order valence-electron chi connectivity index (χ0n) is 14.5. The molecule has 1 atom stereocenters. The lowest BCUT2D eigenvalue weighted by Crippen LogP contribution is -2.34. The first-order chi connectivity index (χ1) is 12.1. The van der Waals surface area contributed by atoms with Crippen LogP contribution in [-0.2, 0) is 0 Å². The number of nitrogens with zero attached hydrogens (tertiary/aromatic N) is 1. The van der Waals surface area contributed by atoms with Gasteiger partial charge in [0.25, 0.3) is 0 Å². The highest BCUT2D eigenvalue weighted by Gasteiger charge is 2.33. The number of piperidine rings is 1. The highest BCUT2D eigenvalue weighted by Crippen LogP contribution is 2.48. The van der Waals surface area contributed by atoms with Gasteiger partial charge in [0.1, 0.15) is 23.4 Å². The summed E-state index contributed by atoms with van der Waals surface area (Å²) in [5.74, 6) is 1.81. The van der Waals surface area contributed by atoms with E-state index in [1.807, 2.05) is 6.07 Å². The zero-order valence-corrected chi connectivity index (χ0v) is 15.3. The second-order valence-electron chi connectivity index (χ2n) is 6.78. The van der Waals surface area contributed by atoms with Crippen molar-refractivity contribution >= 4 is 11.8 Å². The predicted molar refractivity (Wildman–Crippen MR) is 97.1 cm³/mol. The van der Waals surface area contributed by atoms with Crippen molar-refractivity contribution in [2.45, 2.75) is 28.7 Å². The summed E-state index contributed by atoms with van der Waals surface area (Å²) in [6.07, 6.45) is 2.16. The van der Waals surface area contributed by atoms with Crippen molar-refractivity contribution < 1.29 is 13.9 Å². The molecule has 3 nitrogen and oxygen atoms in total. The molecular formula is C20H22FNO2S. The minimum Gasteiger partial charge on any atom is -0.497 e. The Morgan fingerprint density at radius 3 is 2.68 bits per heavy atom. The van der Waals surface area contributed by atoms with Crippen LogP contribution >= 0.6 is 11.8 Å². The van der Waals surface area contributed by atoms with Gasteiger partial charge >= 0.3 is 0 Å². The lowest BCUT2D eigenvalue weighted by Gasteiger charge is -2.34. The highest BCUT2D eigenvalue weighted by molar-refractivity contribution is 7.99. The van der Waals surface area contributed by atoms with Gasteiger partial charge in [-0.2, -0.15) is 0 Å². The van der Waals surface area contributed by atoms with Crippen molar-refractivity contribution in [3.8, 4) is 11.5 Å². The number of ether oxygens (including phenoxy) is 2. The fourth-order valence-electron chi connectivity index (χ4n) is 3.63. The number of hydrogen-bond donors (Lipinski definition) is 0. The first-order valence-corrected chi connectivity index (χ1v) is 9.46. The first kappa shape index (κ1) is 16.7. The molecule has 0 radical (unpaired) electrons. The Labute approximate surface area is 152 Å². The van der Waals surface area contributed by atoms with E-state index in [2.05, 4.69) is 24.1 Å². The third kappa shape index (κ3) is 3.35. The van der Waals surface area contributed by atoms with Gasteiger partial charge in [-0.1, -0.05) is 11.8 Å². The number of halogens is 1. The Hall–Kier alpha value is -1.72. The topological polar surface area (TPSA) is 21.7 Å². The maximum atomic E-state index is 13.7. The molecule has 1 unspecified atom stereocenters. The summed E-state index contributed by atoms with van der Waals surface area (Å²) in [5, 5.41) is 0. The smallest absolute Gasteiger partial charge is 0.134 e. The molecule has 0 saturated carbocycles. The van der Waals surface area contributed by atoms with Crippen LogP contribution in [0, 0.1) is 11.7 Å². The summed E-state index contributed by atoms with van der Waals surface area (Å²) in [7, 11) is 3.84. The maximum Gasteiger partial charge on any atom is 0.134 e. The van der Waals surface area contributed by atoms with Crippen LogP contribution in [0.5, 0.6) is 11.5 Å². The maximum absolute atomic E-state index is 13.7. The van der Waals surface area contributed by atoms with E-state index in [1.54, 1.807) is 31.0 Å². The van der Waals surface area contributed by atoms with Gasteiger partial charge in [0.15, 0.2) is 0 Å². The highest BCUT2D eigenvalue weighted by atomic mass is 32.2. The molecule has 0 amide bonds. The zero-order chi connectivity index (χ0) is 17.4. The van der Waals surface area contributed by atoms with Crippen LogP contribution in [0.2, 0.25) is 0 Å². The quantitative estimate of drug-likeness (QED) is 0.770. The normalized spacial score (nSPS) is 21.0. The van der Waals surface area contributed by atoms with Gasteiger partial charge in [-0.3, -0.25) is 0 Å². The minimum atomic E-state index is -0.234. The fraction of sp³-hybridized carbons (Fsp3) is 0.400. The van der Waals surface area contributed by atoms with Crippen molar-refractivity contribution in [1.82, 2.24) is 4.90 Å². The molecule has 0 N–H and O–H groups in total. The number of rotatable bonds is 2. The van der Waals surface area contributed by atoms with Gasteiger partial charge in [0, 0.05) is 16.4 Å². The van der Waals surface area contributed by atoms with Gasteiger partial charge in [-0.15, -0.1) is 0 Å². The molecule has 2 aromatic carbocycles. The number of fused-ring (bicyclic) bond motifs is 2. The lowest BCUT2D eigenvalue weighted by atomic mass is 9.87. The number of likely N-dealkylation sites (tertiary alicyclic amines) is 1. The third-order valence-corrected chi connectivity index (χ3v) is 6.23. The molecular weight excluding hydrogens is 337 g/mol. The molecule has 25 heavy (non-hydrogen) atoms. The second kappa shape index (κ2) is 6.89. The average molecular weight is 359 g/mol. The van der Waals surface area contributed by atoms with E-state index in [-0.39, 0.29) is 11.9 Å². The van der Waals surface area contributed by atoms with Crippen LogP contribution < -0.4 is 9.47 Å².